The number of hydrogen-bond donors (Lipinski definition) is 1. The van der Waals surface area contributed by atoms with E-state index in [1.165, 1.54) is 6.42 Å². The molecule has 0 amide bonds. The van der Waals surface area contributed by atoms with Gasteiger partial charge in [-0.25, -0.2) is 0 Å². The van der Waals surface area contributed by atoms with E-state index >= 15 is 0 Å². The Morgan fingerprint density at radius 2 is 2.30 bits per heavy atom. The second kappa shape index (κ2) is 3.74. The average molecular weight is 140 g/mol. The van der Waals surface area contributed by atoms with E-state index in [0.717, 1.165) is 13.1 Å². The third-order valence-corrected chi connectivity index (χ3v) is 1.94. The van der Waals surface area contributed by atoms with E-state index in [-0.39, 0.29) is 0 Å². The normalized spacial score (nSPS) is 28.4. The quantitative estimate of drug-likeness (QED) is 0.532. The van der Waals surface area contributed by atoms with Gasteiger partial charge in [0, 0.05) is 19.1 Å². The highest BCUT2D eigenvalue weighted by atomic mass is 15.1. The molecule has 0 spiro atoms. The Hall–Kier alpha value is -0.340. The molecule has 0 bridgehead atoms. The summed E-state index contributed by atoms with van der Waals surface area (Å²) in [6.07, 6.45) is 5.66. The predicted octanol–water partition coefficient (Wildman–Crippen LogP) is 0.466. The second-order valence-electron chi connectivity index (χ2n) is 2.91. The van der Waals surface area contributed by atoms with Gasteiger partial charge in [0.2, 0.25) is 0 Å². The van der Waals surface area contributed by atoms with Gasteiger partial charge in [-0.05, 0) is 20.5 Å². The molecule has 0 saturated carbocycles. The van der Waals surface area contributed by atoms with Gasteiger partial charge in [-0.1, -0.05) is 12.2 Å². The molecule has 0 radical (unpaired) electrons. The highest BCUT2D eigenvalue weighted by Crippen LogP contribution is 2.00. The molecule has 2 nitrogen and oxygen atoms in total. The lowest BCUT2D eigenvalue weighted by atomic mass is 10.2. The Morgan fingerprint density at radius 3 is 3.00 bits per heavy atom. The highest BCUT2D eigenvalue weighted by Gasteiger charge is 2.08. The van der Waals surface area contributed by atoms with Crippen LogP contribution in [0.4, 0.5) is 0 Å². The Labute approximate surface area is 62.9 Å². The summed E-state index contributed by atoms with van der Waals surface area (Å²) in [5.41, 5.74) is 0. The number of nitrogens with one attached hydrogen (secondary N) is 1. The largest absolute Gasteiger partial charge is 0.315 e. The van der Waals surface area contributed by atoms with Crippen molar-refractivity contribution in [3.8, 4) is 0 Å². The molecular formula is C8H16N2. The van der Waals surface area contributed by atoms with Crippen LogP contribution in [0.15, 0.2) is 12.2 Å². The maximum atomic E-state index is 3.28. The molecule has 0 aromatic carbocycles. The van der Waals surface area contributed by atoms with Crippen molar-refractivity contribution in [3.05, 3.63) is 12.2 Å². The molecule has 1 rings (SSSR count). The molecule has 0 aliphatic carbocycles. The first kappa shape index (κ1) is 7.76. The van der Waals surface area contributed by atoms with Crippen LogP contribution >= 0.6 is 0 Å². The van der Waals surface area contributed by atoms with Crippen LogP contribution in [0.2, 0.25) is 0 Å². The van der Waals surface area contributed by atoms with E-state index in [1.54, 1.807) is 0 Å². The highest BCUT2D eigenvalue weighted by molar-refractivity contribution is 4.92. The van der Waals surface area contributed by atoms with Crippen LogP contribution in [-0.2, 0) is 0 Å². The molecule has 58 valence electrons. The lowest BCUT2D eigenvalue weighted by Gasteiger charge is -2.18. The molecule has 1 atom stereocenters. The zero-order valence-corrected chi connectivity index (χ0v) is 6.80. The summed E-state index contributed by atoms with van der Waals surface area (Å²) in [4.78, 5) is 2.32. The van der Waals surface area contributed by atoms with E-state index in [4.69, 9.17) is 0 Å². The molecule has 0 saturated heterocycles. The number of nitrogens with zero attached hydrogens (tertiary/aromatic N) is 1. The third-order valence-electron chi connectivity index (χ3n) is 1.94. The van der Waals surface area contributed by atoms with Gasteiger partial charge in [-0.2, -0.15) is 0 Å². The van der Waals surface area contributed by atoms with Gasteiger partial charge in [0.25, 0.3) is 0 Å². The Morgan fingerprint density at radius 1 is 1.50 bits per heavy atom. The molecule has 0 aromatic rings. The van der Waals surface area contributed by atoms with Crippen molar-refractivity contribution in [2.75, 3.05) is 27.2 Å². The van der Waals surface area contributed by atoms with E-state index < -0.39 is 0 Å². The van der Waals surface area contributed by atoms with Crippen LogP contribution in [0.3, 0.4) is 0 Å². The first-order valence-corrected chi connectivity index (χ1v) is 3.83. The lowest BCUT2D eigenvalue weighted by molar-refractivity contribution is 0.330. The van der Waals surface area contributed by atoms with Gasteiger partial charge in [0.05, 0.1) is 0 Å². The Kier molecular flexibility index (Phi) is 2.90. The molecular weight excluding hydrogens is 124 g/mol. The molecule has 10 heavy (non-hydrogen) atoms. The third kappa shape index (κ3) is 2.12. The second-order valence-corrected chi connectivity index (χ2v) is 2.91. The molecule has 0 fully saturated rings. The number of likely N-dealkylation sites (N-methyl/N-ethyl adjacent to an activating group) is 2. The molecule has 0 aromatic heterocycles. The Balaban J connectivity index is 2.40. The molecule has 2 heteroatoms. The van der Waals surface area contributed by atoms with Crippen LogP contribution in [-0.4, -0.2) is 38.1 Å². The zero-order valence-electron chi connectivity index (χ0n) is 6.80. The summed E-state index contributed by atoms with van der Waals surface area (Å²) in [5, 5.41) is 3.28. The fourth-order valence-electron chi connectivity index (χ4n) is 1.25. The van der Waals surface area contributed by atoms with Crippen LogP contribution in [0.1, 0.15) is 6.42 Å². The van der Waals surface area contributed by atoms with Crippen molar-refractivity contribution in [1.29, 1.82) is 0 Å². The van der Waals surface area contributed by atoms with Crippen molar-refractivity contribution in [2.45, 2.75) is 12.5 Å². The van der Waals surface area contributed by atoms with Gasteiger partial charge in [0.1, 0.15) is 0 Å². The number of rotatable bonds is 1. The van der Waals surface area contributed by atoms with E-state index in [9.17, 15) is 0 Å². The van der Waals surface area contributed by atoms with Crippen LogP contribution in [0.25, 0.3) is 0 Å². The standard InChI is InChI=1S/C8H16N2/c1-9-8-5-3-4-6-10(2)7-8/h3-4,8-9H,5-7H2,1-2H3/t8-/m0/s1. The summed E-state index contributed by atoms with van der Waals surface area (Å²) in [7, 11) is 4.18. The summed E-state index contributed by atoms with van der Waals surface area (Å²) in [6.45, 7) is 2.25. The van der Waals surface area contributed by atoms with Crippen molar-refractivity contribution in [1.82, 2.24) is 10.2 Å². The fraction of sp³-hybridized carbons (Fsp3) is 0.750. The van der Waals surface area contributed by atoms with Gasteiger partial charge in [-0.15, -0.1) is 0 Å². The summed E-state index contributed by atoms with van der Waals surface area (Å²) < 4.78 is 0. The topological polar surface area (TPSA) is 15.3 Å². The first-order valence-electron chi connectivity index (χ1n) is 3.83. The van der Waals surface area contributed by atoms with Crippen LogP contribution < -0.4 is 5.32 Å². The van der Waals surface area contributed by atoms with E-state index in [2.05, 4.69) is 29.4 Å². The van der Waals surface area contributed by atoms with E-state index in [1.807, 2.05) is 7.05 Å². The minimum absolute atomic E-state index is 0.642. The minimum atomic E-state index is 0.642. The van der Waals surface area contributed by atoms with Gasteiger partial charge < -0.3 is 10.2 Å². The molecule has 1 N–H and O–H groups in total. The lowest BCUT2D eigenvalue weighted by Crippen LogP contribution is -2.35. The van der Waals surface area contributed by atoms with Crippen molar-refractivity contribution >= 4 is 0 Å². The van der Waals surface area contributed by atoms with E-state index in [0.29, 0.717) is 6.04 Å². The first-order chi connectivity index (χ1) is 4.83. The molecule has 0 unspecified atom stereocenters. The van der Waals surface area contributed by atoms with Gasteiger partial charge in [-0.3, -0.25) is 0 Å². The maximum Gasteiger partial charge on any atom is 0.0226 e. The van der Waals surface area contributed by atoms with Crippen molar-refractivity contribution < 1.29 is 0 Å². The SMILES string of the molecule is CN[C@H]1CC=CCN(C)C1. The number of hydrogen-bond acceptors (Lipinski definition) is 2. The average Bonchev–Trinajstić information content (AvgIpc) is 2.13. The smallest absolute Gasteiger partial charge is 0.0226 e. The van der Waals surface area contributed by atoms with Crippen molar-refractivity contribution in [3.63, 3.8) is 0 Å². The summed E-state index contributed by atoms with van der Waals surface area (Å²) in [5.74, 6) is 0. The maximum absolute atomic E-state index is 3.28. The molecule has 1 aliphatic heterocycles. The fourth-order valence-corrected chi connectivity index (χ4v) is 1.25. The van der Waals surface area contributed by atoms with Gasteiger partial charge >= 0.3 is 0 Å². The molecule has 1 aliphatic rings. The zero-order chi connectivity index (χ0) is 7.40. The summed E-state index contributed by atoms with van der Waals surface area (Å²) in [6, 6.07) is 0.642. The van der Waals surface area contributed by atoms with Crippen molar-refractivity contribution in [2.24, 2.45) is 0 Å². The van der Waals surface area contributed by atoms with Gasteiger partial charge in [0.15, 0.2) is 0 Å². The Bertz CT molecular complexity index is 120. The van der Waals surface area contributed by atoms with Crippen LogP contribution in [0.5, 0.6) is 0 Å². The predicted molar refractivity (Wildman–Crippen MR) is 44.1 cm³/mol. The van der Waals surface area contributed by atoms with Crippen LogP contribution in [0, 0.1) is 0 Å². The molecule has 1 heterocycles. The minimum Gasteiger partial charge on any atom is -0.315 e. The summed E-state index contributed by atoms with van der Waals surface area (Å²) >= 11 is 0. The monoisotopic (exact) mass is 140 g/mol.